The van der Waals surface area contributed by atoms with Gasteiger partial charge in [0, 0.05) is 5.56 Å². The molecule has 0 saturated heterocycles. The summed E-state index contributed by atoms with van der Waals surface area (Å²) in [6.07, 6.45) is 0.144. The van der Waals surface area contributed by atoms with Crippen LogP contribution in [-0.2, 0) is 20.7 Å². The Labute approximate surface area is 106 Å². The Hall–Kier alpha value is -1.85. The van der Waals surface area contributed by atoms with Crippen molar-refractivity contribution in [3.63, 3.8) is 0 Å². The number of carbonyl (C=O) groups is 2. The highest BCUT2D eigenvalue weighted by molar-refractivity contribution is 5.85. The Bertz CT molecular complexity index is 420. The zero-order valence-electron chi connectivity index (χ0n) is 11.1. The van der Waals surface area contributed by atoms with Crippen LogP contribution in [0, 0.1) is 13.8 Å². The van der Waals surface area contributed by atoms with Gasteiger partial charge < -0.3 is 14.6 Å². The summed E-state index contributed by atoms with van der Waals surface area (Å²) in [7, 11) is 0. The van der Waals surface area contributed by atoms with Gasteiger partial charge in [0.15, 0.2) is 0 Å². The largest absolute Gasteiger partial charge is 0.464 e. The molecular formula is C12H18N2O4. The van der Waals surface area contributed by atoms with Gasteiger partial charge in [-0.3, -0.25) is 4.79 Å². The van der Waals surface area contributed by atoms with E-state index < -0.39 is 12.0 Å². The van der Waals surface area contributed by atoms with E-state index in [0.29, 0.717) is 18.1 Å². The quantitative estimate of drug-likeness (QED) is 0.789. The summed E-state index contributed by atoms with van der Waals surface area (Å²) in [6.45, 7) is 7.12. The number of aromatic nitrogens is 1. The highest BCUT2D eigenvalue weighted by Gasteiger charge is 2.19. The number of esters is 1. The molecule has 1 unspecified atom stereocenters. The summed E-state index contributed by atoms with van der Waals surface area (Å²) in [4.78, 5) is 23.1. The van der Waals surface area contributed by atoms with E-state index in [4.69, 9.17) is 9.26 Å². The molecule has 0 aliphatic carbocycles. The smallest absolute Gasteiger partial charge is 0.328 e. The zero-order chi connectivity index (χ0) is 13.7. The van der Waals surface area contributed by atoms with Crippen LogP contribution in [0.3, 0.4) is 0 Å². The van der Waals surface area contributed by atoms with Crippen molar-refractivity contribution in [1.82, 2.24) is 10.5 Å². The topological polar surface area (TPSA) is 81.4 Å². The van der Waals surface area contributed by atoms with Crippen LogP contribution < -0.4 is 5.32 Å². The van der Waals surface area contributed by atoms with Crippen LogP contribution in [0.4, 0.5) is 0 Å². The Balaban J connectivity index is 2.54. The maximum atomic E-state index is 11.7. The lowest BCUT2D eigenvalue weighted by atomic mass is 10.1. The van der Waals surface area contributed by atoms with Gasteiger partial charge in [-0.2, -0.15) is 0 Å². The van der Waals surface area contributed by atoms with Crippen molar-refractivity contribution < 1.29 is 18.8 Å². The Morgan fingerprint density at radius 2 is 2.11 bits per heavy atom. The lowest BCUT2D eigenvalue weighted by molar-refractivity contribution is -0.146. The normalized spacial score (nSPS) is 12.0. The van der Waals surface area contributed by atoms with Crippen molar-refractivity contribution in [3.05, 3.63) is 17.0 Å². The predicted molar refractivity (Wildman–Crippen MR) is 63.9 cm³/mol. The van der Waals surface area contributed by atoms with Gasteiger partial charge in [-0.15, -0.1) is 0 Å². The molecule has 0 spiro atoms. The van der Waals surface area contributed by atoms with Crippen LogP contribution in [-0.4, -0.2) is 29.7 Å². The van der Waals surface area contributed by atoms with Crippen LogP contribution in [0.15, 0.2) is 4.52 Å². The van der Waals surface area contributed by atoms with Gasteiger partial charge in [-0.05, 0) is 27.7 Å². The highest BCUT2D eigenvalue weighted by Crippen LogP contribution is 2.12. The van der Waals surface area contributed by atoms with Crippen LogP contribution >= 0.6 is 0 Å². The molecule has 100 valence electrons. The molecule has 1 N–H and O–H groups in total. The van der Waals surface area contributed by atoms with Gasteiger partial charge >= 0.3 is 5.97 Å². The van der Waals surface area contributed by atoms with Crippen LogP contribution in [0.25, 0.3) is 0 Å². The summed E-state index contributed by atoms with van der Waals surface area (Å²) in [5.41, 5.74) is 1.44. The number of nitrogens with zero attached hydrogens (tertiary/aromatic N) is 1. The van der Waals surface area contributed by atoms with Crippen molar-refractivity contribution in [2.24, 2.45) is 0 Å². The second-order valence-corrected chi connectivity index (χ2v) is 4.02. The van der Waals surface area contributed by atoms with Crippen molar-refractivity contribution in [1.29, 1.82) is 0 Å². The molecule has 1 atom stereocenters. The van der Waals surface area contributed by atoms with Gasteiger partial charge in [0.05, 0.1) is 18.7 Å². The van der Waals surface area contributed by atoms with E-state index >= 15 is 0 Å². The van der Waals surface area contributed by atoms with Crippen LogP contribution in [0.2, 0.25) is 0 Å². The molecule has 0 aliphatic heterocycles. The predicted octanol–water partition coefficient (Wildman–Crippen LogP) is 0.902. The van der Waals surface area contributed by atoms with E-state index in [9.17, 15) is 9.59 Å². The minimum Gasteiger partial charge on any atom is -0.464 e. The molecule has 18 heavy (non-hydrogen) atoms. The van der Waals surface area contributed by atoms with Crippen LogP contribution in [0.1, 0.15) is 30.9 Å². The second kappa shape index (κ2) is 6.18. The van der Waals surface area contributed by atoms with Gasteiger partial charge in [0.1, 0.15) is 11.8 Å². The second-order valence-electron chi connectivity index (χ2n) is 4.02. The molecular weight excluding hydrogens is 236 g/mol. The third-order valence-corrected chi connectivity index (χ3v) is 2.54. The third kappa shape index (κ3) is 3.58. The lowest BCUT2D eigenvalue weighted by Crippen LogP contribution is -2.40. The first kappa shape index (κ1) is 14.2. The fraction of sp³-hybridized carbons (Fsp3) is 0.583. The maximum absolute atomic E-state index is 11.7. The number of amides is 1. The maximum Gasteiger partial charge on any atom is 0.328 e. The molecule has 1 amide bonds. The van der Waals surface area contributed by atoms with Gasteiger partial charge in [0.2, 0.25) is 5.91 Å². The first-order chi connectivity index (χ1) is 8.45. The number of hydrogen-bond acceptors (Lipinski definition) is 5. The van der Waals surface area contributed by atoms with Crippen molar-refractivity contribution >= 4 is 11.9 Å². The number of ether oxygens (including phenoxy) is 1. The first-order valence-electron chi connectivity index (χ1n) is 5.83. The van der Waals surface area contributed by atoms with E-state index in [1.807, 2.05) is 0 Å². The molecule has 0 saturated carbocycles. The molecule has 0 radical (unpaired) electrons. The minimum atomic E-state index is -0.655. The minimum absolute atomic E-state index is 0.144. The summed E-state index contributed by atoms with van der Waals surface area (Å²) in [5.74, 6) is -0.0824. The van der Waals surface area contributed by atoms with E-state index in [-0.39, 0.29) is 12.3 Å². The highest BCUT2D eigenvalue weighted by atomic mass is 16.5. The van der Waals surface area contributed by atoms with Crippen molar-refractivity contribution in [3.8, 4) is 0 Å². The number of nitrogens with one attached hydrogen (secondary N) is 1. The Morgan fingerprint density at radius 3 is 2.61 bits per heavy atom. The fourth-order valence-electron chi connectivity index (χ4n) is 1.53. The molecule has 1 heterocycles. The van der Waals surface area contributed by atoms with Gasteiger partial charge in [-0.1, -0.05) is 5.16 Å². The van der Waals surface area contributed by atoms with E-state index in [1.54, 1.807) is 27.7 Å². The standard InChI is InChI=1S/C12H18N2O4/c1-5-17-12(16)8(3)13-11(15)6-10-7(2)14-18-9(10)4/h8H,5-6H2,1-4H3,(H,13,15). The molecule has 6 nitrogen and oxygen atoms in total. The number of rotatable bonds is 5. The summed E-state index contributed by atoms with van der Waals surface area (Å²) >= 11 is 0. The monoisotopic (exact) mass is 254 g/mol. The van der Waals surface area contributed by atoms with E-state index in [2.05, 4.69) is 10.5 Å². The number of aryl methyl sites for hydroxylation is 2. The molecule has 1 aromatic heterocycles. The lowest BCUT2D eigenvalue weighted by Gasteiger charge is -2.12. The first-order valence-corrected chi connectivity index (χ1v) is 5.83. The fourth-order valence-corrected chi connectivity index (χ4v) is 1.53. The number of hydrogen-bond donors (Lipinski definition) is 1. The molecule has 1 aromatic rings. The van der Waals surface area contributed by atoms with Crippen LogP contribution in [0.5, 0.6) is 0 Å². The summed E-state index contributed by atoms with van der Waals surface area (Å²) < 4.78 is 9.77. The summed E-state index contributed by atoms with van der Waals surface area (Å²) in [5, 5.41) is 6.34. The Kier molecular flexibility index (Phi) is 4.88. The molecule has 0 aliphatic rings. The molecule has 0 aromatic carbocycles. The third-order valence-electron chi connectivity index (χ3n) is 2.54. The van der Waals surface area contributed by atoms with E-state index in [0.717, 1.165) is 5.56 Å². The molecule has 0 fully saturated rings. The zero-order valence-corrected chi connectivity index (χ0v) is 11.1. The SMILES string of the molecule is CCOC(=O)C(C)NC(=O)Cc1c(C)noc1C. The molecule has 0 bridgehead atoms. The average molecular weight is 254 g/mol. The average Bonchev–Trinajstić information content (AvgIpc) is 2.61. The molecule has 6 heteroatoms. The Morgan fingerprint density at radius 1 is 1.44 bits per heavy atom. The van der Waals surface area contributed by atoms with E-state index in [1.165, 1.54) is 0 Å². The summed E-state index contributed by atoms with van der Waals surface area (Å²) in [6, 6.07) is -0.655. The van der Waals surface area contributed by atoms with Gasteiger partial charge in [0.25, 0.3) is 0 Å². The number of carbonyl (C=O) groups excluding carboxylic acids is 2. The molecule has 1 rings (SSSR count). The van der Waals surface area contributed by atoms with Crippen molar-refractivity contribution in [2.45, 2.75) is 40.2 Å². The van der Waals surface area contributed by atoms with Crippen molar-refractivity contribution in [2.75, 3.05) is 6.61 Å². The van der Waals surface area contributed by atoms with Gasteiger partial charge in [-0.25, -0.2) is 4.79 Å².